The summed E-state index contributed by atoms with van der Waals surface area (Å²) in [6.45, 7) is 12.0. The lowest BCUT2D eigenvalue weighted by Gasteiger charge is -2.29. The van der Waals surface area contributed by atoms with Gasteiger partial charge < -0.3 is 58.8 Å². The molecule has 0 unspecified atom stereocenters. The summed E-state index contributed by atoms with van der Waals surface area (Å²) in [6.07, 6.45) is 6.19. The van der Waals surface area contributed by atoms with Gasteiger partial charge in [0.1, 0.15) is 34.0 Å². The minimum atomic E-state index is -0.769. The van der Waals surface area contributed by atoms with Crippen LogP contribution >= 0.6 is 0 Å². The Morgan fingerprint density at radius 1 is 0.515 bits per heavy atom. The molecule has 68 heavy (non-hydrogen) atoms. The number of amides is 6. The molecule has 0 aromatic carbocycles. The molecule has 0 spiro atoms. The number of hydrogen-bond acceptors (Lipinski definition) is 12. The second kappa shape index (κ2) is 22.7. The van der Waals surface area contributed by atoms with Crippen molar-refractivity contribution in [1.82, 2.24) is 38.7 Å². The van der Waals surface area contributed by atoms with Crippen LogP contribution in [0.5, 0.6) is 0 Å². The van der Waals surface area contributed by atoms with Gasteiger partial charge in [0, 0.05) is 92.0 Å². The van der Waals surface area contributed by atoms with E-state index in [1.165, 1.54) is 69.3 Å². The van der Waals surface area contributed by atoms with Crippen LogP contribution in [-0.4, -0.2) is 124 Å². The summed E-state index contributed by atoms with van der Waals surface area (Å²) in [6, 6.07) is 5.27. The molecule has 0 aliphatic rings. The number of unbranched alkanes of at least 4 members (excludes halogenated alkanes) is 1. The number of nitrogens with zero attached hydrogens (tertiary/aromatic N) is 8. The number of ether oxygens (including phenoxy) is 2. The predicted octanol–water partition coefficient (Wildman–Crippen LogP) is 5.56. The van der Waals surface area contributed by atoms with Gasteiger partial charge in [-0.2, -0.15) is 0 Å². The van der Waals surface area contributed by atoms with Crippen LogP contribution < -0.4 is 21.3 Å². The molecule has 4 heterocycles. The normalized spacial score (nSPS) is 11.4. The van der Waals surface area contributed by atoms with Crippen molar-refractivity contribution in [3.63, 3.8) is 0 Å². The maximum atomic E-state index is 13.3. The van der Waals surface area contributed by atoms with Crippen molar-refractivity contribution in [2.24, 2.45) is 28.2 Å². The second-order valence-corrected chi connectivity index (χ2v) is 18.1. The van der Waals surface area contributed by atoms with Crippen molar-refractivity contribution in [2.45, 2.75) is 78.4 Å². The van der Waals surface area contributed by atoms with E-state index in [0.717, 1.165) is 12.1 Å². The van der Waals surface area contributed by atoms with Crippen LogP contribution in [0.1, 0.15) is 109 Å². The molecule has 0 atom stereocenters. The van der Waals surface area contributed by atoms with E-state index in [9.17, 15) is 49.0 Å². The first kappa shape index (κ1) is 53.0. The highest BCUT2D eigenvalue weighted by Crippen LogP contribution is 2.21. The van der Waals surface area contributed by atoms with Gasteiger partial charge in [0.05, 0.1) is 33.6 Å². The summed E-state index contributed by atoms with van der Waals surface area (Å²) in [4.78, 5) is 103. The van der Waals surface area contributed by atoms with Crippen LogP contribution in [0.25, 0.3) is 0 Å². The molecule has 0 saturated carbocycles. The molecule has 6 amide bonds. The molecule has 4 aromatic rings. The van der Waals surface area contributed by atoms with Crippen molar-refractivity contribution in [3.8, 4) is 0 Å². The van der Waals surface area contributed by atoms with E-state index in [4.69, 9.17) is 9.47 Å². The molecule has 24 heteroatoms. The number of carbonyl (C=O) groups is 6. The molecule has 24 nitrogen and oxygen atoms in total. The van der Waals surface area contributed by atoms with Gasteiger partial charge >= 0.3 is 12.2 Å². The summed E-state index contributed by atoms with van der Waals surface area (Å²) in [5, 5.41) is 33.2. The summed E-state index contributed by atoms with van der Waals surface area (Å²) in [5.41, 5.74) is -0.753. The molecule has 0 bridgehead atoms. The summed E-state index contributed by atoms with van der Waals surface area (Å²) in [7, 11) is 6.28. The standard InChI is InChI=1S/C44H62N12O12/c1-43(2,3)67-41(61)53(19-13-15-45-37(57)33-21-29(25-49(33)7)47-39(59)35-23-31(55(63)64)27-51(35)9)17-11-12-18-54(42(62)68-44(4,5)6)20-14-16-46-38(58)34-22-30(26-50(34)8)48-40(60)36-24-32(56(65)66)28-52(36)10/h21-28H,11-20H2,1-10H3,(H,45,57)(H,46,58)(H,47,59)(H,48,60). The highest BCUT2D eigenvalue weighted by atomic mass is 16.6. The molecule has 0 radical (unpaired) electrons. The Kier molecular flexibility index (Phi) is 17.7. The maximum Gasteiger partial charge on any atom is 0.410 e. The highest BCUT2D eigenvalue weighted by molar-refractivity contribution is 6.05. The molecule has 0 aliphatic heterocycles. The minimum Gasteiger partial charge on any atom is -0.444 e. The van der Waals surface area contributed by atoms with Gasteiger partial charge in [0.15, 0.2) is 0 Å². The van der Waals surface area contributed by atoms with E-state index < -0.39 is 56.9 Å². The number of hydrogen-bond donors (Lipinski definition) is 4. The third-order valence-corrected chi connectivity index (χ3v) is 10.0. The minimum absolute atomic E-state index is 0.0662. The molecular formula is C44H62N12O12. The first-order valence-electron chi connectivity index (χ1n) is 21.8. The van der Waals surface area contributed by atoms with Gasteiger partial charge in [-0.1, -0.05) is 0 Å². The number of aromatic nitrogens is 4. The molecule has 370 valence electrons. The van der Waals surface area contributed by atoms with E-state index in [-0.39, 0.29) is 73.4 Å². The Labute approximate surface area is 393 Å². The highest BCUT2D eigenvalue weighted by Gasteiger charge is 2.26. The SMILES string of the molecule is Cn1cc(NC(=O)c2cc([N+](=O)[O-])cn2C)cc1C(=O)NCCCN(CCCCN(CCCNC(=O)c1cc(NC(=O)c2cc([N+](=O)[O-])cn2C)cn1C)C(=O)OC(C)(C)C)C(=O)OC(C)(C)C. The first-order valence-corrected chi connectivity index (χ1v) is 21.8. The van der Waals surface area contributed by atoms with Crippen LogP contribution in [0.4, 0.5) is 32.3 Å². The number of rotatable bonds is 21. The number of aryl methyl sites for hydroxylation is 4. The fourth-order valence-corrected chi connectivity index (χ4v) is 6.82. The summed E-state index contributed by atoms with van der Waals surface area (Å²) in [5.74, 6) is -2.03. The van der Waals surface area contributed by atoms with Crippen LogP contribution in [0.2, 0.25) is 0 Å². The van der Waals surface area contributed by atoms with Crippen molar-refractivity contribution in [1.29, 1.82) is 0 Å². The van der Waals surface area contributed by atoms with Gasteiger partial charge in [0.2, 0.25) is 0 Å². The maximum absolute atomic E-state index is 13.3. The molecule has 4 aromatic heterocycles. The van der Waals surface area contributed by atoms with E-state index in [0.29, 0.717) is 37.1 Å². The third-order valence-electron chi connectivity index (χ3n) is 10.0. The lowest BCUT2D eigenvalue weighted by Crippen LogP contribution is -2.40. The van der Waals surface area contributed by atoms with Crippen LogP contribution in [0.3, 0.4) is 0 Å². The number of nitro groups is 2. The Morgan fingerprint density at radius 3 is 1.13 bits per heavy atom. The van der Waals surface area contributed by atoms with Crippen molar-refractivity contribution in [3.05, 3.63) is 92.1 Å². The largest absolute Gasteiger partial charge is 0.444 e. The van der Waals surface area contributed by atoms with Crippen LogP contribution in [0.15, 0.2) is 49.1 Å². The summed E-state index contributed by atoms with van der Waals surface area (Å²) < 4.78 is 17.0. The van der Waals surface area contributed by atoms with Gasteiger partial charge in [-0.05, 0) is 79.4 Å². The van der Waals surface area contributed by atoms with Crippen LogP contribution in [-0.2, 0) is 37.7 Å². The average molecular weight is 951 g/mol. The van der Waals surface area contributed by atoms with E-state index >= 15 is 0 Å². The van der Waals surface area contributed by atoms with E-state index in [1.54, 1.807) is 65.4 Å². The Bertz CT molecular complexity index is 2330. The van der Waals surface area contributed by atoms with E-state index in [2.05, 4.69) is 21.3 Å². The van der Waals surface area contributed by atoms with Gasteiger partial charge in [-0.25, -0.2) is 9.59 Å². The molecule has 4 rings (SSSR count). The zero-order chi connectivity index (χ0) is 50.7. The molecule has 0 fully saturated rings. The molecule has 4 N–H and O–H groups in total. The Balaban J connectivity index is 1.28. The number of anilines is 2. The molecule has 0 aliphatic carbocycles. The van der Waals surface area contributed by atoms with Crippen LogP contribution in [0, 0.1) is 20.2 Å². The van der Waals surface area contributed by atoms with Gasteiger partial charge in [-0.3, -0.25) is 39.4 Å². The lowest BCUT2D eigenvalue weighted by molar-refractivity contribution is -0.385. The van der Waals surface area contributed by atoms with E-state index in [1.807, 2.05) is 0 Å². The zero-order valence-corrected chi connectivity index (χ0v) is 40.2. The smallest absolute Gasteiger partial charge is 0.410 e. The fourth-order valence-electron chi connectivity index (χ4n) is 6.82. The number of carbonyl (C=O) groups excluding carboxylic acids is 6. The Hall–Kier alpha value is -7.66. The zero-order valence-electron chi connectivity index (χ0n) is 40.2. The third kappa shape index (κ3) is 15.5. The monoisotopic (exact) mass is 950 g/mol. The molecular weight excluding hydrogens is 889 g/mol. The summed E-state index contributed by atoms with van der Waals surface area (Å²) >= 11 is 0. The Morgan fingerprint density at radius 2 is 0.824 bits per heavy atom. The van der Waals surface area contributed by atoms with Gasteiger partial charge in [-0.15, -0.1) is 0 Å². The van der Waals surface area contributed by atoms with Crippen molar-refractivity contribution in [2.75, 3.05) is 49.9 Å². The topological polar surface area (TPSA) is 281 Å². The molecule has 0 saturated heterocycles. The second-order valence-electron chi connectivity index (χ2n) is 18.1. The van der Waals surface area contributed by atoms with Crippen molar-refractivity contribution >= 4 is 58.6 Å². The van der Waals surface area contributed by atoms with Gasteiger partial charge in [0.25, 0.3) is 35.0 Å². The average Bonchev–Trinajstić information content (AvgIpc) is 4.01. The quantitative estimate of drug-likeness (QED) is 0.0454. The predicted molar refractivity (Wildman–Crippen MR) is 250 cm³/mol. The fraction of sp³-hybridized carbons (Fsp3) is 0.500. The van der Waals surface area contributed by atoms with Crippen molar-refractivity contribution < 1.29 is 48.1 Å². The lowest BCUT2D eigenvalue weighted by atomic mass is 10.2. The number of nitrogens with one attached hydrogen (secondary N) is 4. The first-order chi connectivity index (χ1) is 31.7.